The number of methoxy groups -OCH3 is 1. The highest BCUT2D eigenvalue weighted by Gasteiger charge is 2.15. The topological polar surface area (TPSA) is 63.6 Å². The van der Waals surface area contributed by atoms with Gasteiger partial charge in [-0.1, -0.05) is 42.5 Å². The van der Waals surface area contributed by atoms with Crippen LogP contribution >= 0.6 is 11.3 Å². The number of rotatable bonds is 5. The van der Waals surface area contributed by atoms with Crippen molar-refractivity contribution in [2.45, 2.75) is 6.92 Å². The van der Waals surface area contributed by atoms with Crippen LogP contribution in [0.1, 0.15) is 20.9 Å². The molecule has 1 heterocycles. The maximum Gasteiger partial charge on any atom is 0.291 e. The summed E-state index contributed by atoms with van der Waals surface area (Å²) in [4.78, 5) is 17.6. The van der Waals surface area contributed by atoms with Gasteiger partial charge in [0.25, 0.3) is 5.91 Å². The molecule has 5 nitrogen and oxygen atoms in total. The van der Waals surface area contributed by atoms with Crippen molar-refractivity contribution in [1.29, 1.82) is 0 Å². The smallest absolute Gasteiger partial charge is 0.291 e. The van der Waals surface area contributed by atoms with Crippen LogP contribution in [-0.2, 0) is 0 Å². The number of thiazole rings is 1. The highest BCUT2D eigenvalue weighted by molar-refractivity contribution is 7.15. The number of ether oxygens (including phenoxy) is 1. The first-order valence-electron chi connectivity index (χ1n) is 7.68. The van der Waals surface area contributed by atoms with E-state index in [1.165, 1.54) is 11.3 Å². The lowest BCUT2D eigenvalue weighted by Gasteiger charge is -2.03. The molecule has 1 N–H and O–H groups in total. The molecule has 0 radical (unpaired) electrons. The number of aryl methyl sites for hydroxylation is 1. The quantitative estimate of drug-likeness (QED) is 0.560. The van der Waals surface area contributed by atoms with Crippen LogP contribution in [0.2, 0.25) is 0 Å². The van der Waals surface area contributed by atoms with Gasteiger partial charge in [-0.05, 0) is 19.1 Å². The normalized spacial score (nSPS) is 10.8. The van der Waals surface area contributed by atoms with Crippen LogP contribution in [0.3, 0.4) is 0 Å². The van der Waals surface area contributed by atoms with E-state index in [1.54, 1.807) is 13.3 Å². The van der Waals surface area contributed by atoms with Gasteiger partial charge in [-0.3, -0.25) is 4.79 Å². The fourth-order valence-electron chi connectivity index (χ4n) is 2.30. The van der Waals surface area contributed by atoms with E-state index in [-0.39, 0.29) is 5.91 Å². The molecule has 25 heavy (non-hydrogen) atoms. The predicted octanol–water partition coefficient (Wildman–Crippen LogP) is 3.89. The molecule has 0 bridgehead atoms. The summed E-state index contributed by atoms with van der Waals surface area (Å²) in [7, 11) is 1.59. The number of para-hydroxylation sites is 1. The standard InChI is InChI=1S/C19H17N3O2S/c1-13-17(21-19(25-13)14-8-4-3-5-9-14)18(23)22-20-12-15-10-6-7-11-16(15)24-2/h3-12H,1-2H3,(H,22,23)/b20-12-. The number of amides is 1. The Morgan fingerprint density at radius 2 is 1.88 bits per heavy atom. The molecule has 0 aliphatic carbocycles. The number of nitrogens with one attached hydrogen (secondary N) is 1. The third kappa shape index (κ3) is 3.92. The van der Waals surface area contributed by atoms with Crippen molar-refractivity contribution in [3.8, 4) is 16.3 Å². The first-order valence-corrected chi connectivity index (χ1v) is 8.50. The molecule has 0 unspecified atom stereocenters. The summed E-state index contributed by atoms with van der Waals surface area (Å²) in [6, 6.07) is 17.2. The van der Waals surface area contributed by atoms with Crippen molar-refractivity contribution in [3.63, 3.8) is 0 Å². The van der Waals surface area contributed by atoms with Crippen molar-refractivity contribution in [2.75, 3.05) is 7.11 Å². The number of aromatic nitrogens is 1. The first-order chi connectivity index (χ1) is 12.2. The van der Waals surface area contributed by atoms with E-state index in [0.29, 0.717) is 11.4 Å². The second kappa shape index (κ2) is 7.72. The van der Waals surface area contributed by atoms with Crippen LogP contribution in [0.5, 0.6) is 5.75 Å². The van der Waals surface area contributed by atoms with Gasteiger partial charge in [-0.25, -0.2) is 10.4 Å². The Hall–Kier alpha value is -2.99. The molecule has 126 valence electrons. The Morgan fingerprint density at radius 3 is 2.64 bits per heavy atom. The number of carbonyl (C=O) groups is 1. The molecule has 0 saturated carbocycles. The predicted molar refractivity (Wildman–Crippen MR) is 100 cm³/mol. The Bertz CT molecular complexity index is 904. The summed E-state index contributed by atoms with van der Waals surface area (Å²) >= 11 is 1.49. The van der Waals surface area contributed by atoms with Gasteiger partial charge in [0.2, 0.25) is 0 Å². The molecule has 3 aromatic rings. The monoisotopic (exact) mass is 351 g/mol. The molecular weight excluding hydrogens is 334 g/mol. The molecule has 0 spiro atoms. The summed E-state index contributed by atoms with van der Waals surface area (Å²) in [5, 5.41) is 4.83. The fraction of sp³-hybridized carbons (Fsp3) is 0.105. The van der Waals surface area contributed by atoms with Crippen molar-refractivity contribution in [1.82, 2.24) is 10.4 Å². The average Bonchev–Trinajstić information content (AvgIpc) is 3.04. The van der Waals surface area contributed by atoms with E-state index < -0.39 is 0 Å². The molecule has 6 heteroatoms. The van der Waals surface area contributed by atoms with Gasteiger partial charge in [0.15, 0.2) is 0 Å². The van der Waals surface area contributed by atoms with Gasteiger partial charge < -0.3 is 4.74 Å². The largest absolute Gasteiger partial charge is 0.496 e. The fourth-order valence-corrected chi connectivity index (χ4v) is 3.21. The Labute approximate surface area is 150 Å². The van der Waals surface area contributed by atoms with Crippen LogP contribution in [0.15, 0.2) is 59.7 Å². The van der Waals surface area contributed by atoms with Gasteiger partial charge in [0, 0.05) is 16.0 Å². The average molecular weight is 351 g/mol. The van der Waals surface area contributed by atoms with Gasteiger partial charge in [0.1, 0.15) is 16.5 Å². The zero-order valence-electron chi connectivity index (χ0n) is 13.9. The molecule has 1 amide bonds. The third-order valence-electron chi connectivity index (χ3n) is 3.54. The minimum atomic E-state index is -0.331. The molecule has 2 aromatic carbocycles. The van der Waals surface area contributed by atoms with Crippen molar-refractivity contribution in [3.05, 3.63) is 70.7 Å². The van der Waals surface area contributed by atoms with Crippen LogP contribution < -0.4 is 10.2 Å². The van der Waals surface area contributed by atoms with Crippen LogP contribution in [0, 0.1) is 6.92 Å². The minimum absolute atomic E-state index is 0.331. The second-order valence-corrected chi connectivity index (χ2v) is 6.43. The first kappa shape index (κ1) is 16.9. The maximum absolute atomic E-state index is 12.3. The number of hydrogen-bond acceptors (Lipinski definition) is 5. The molecule has 1 aromatic heterocycles. The number of carbonyl (C=O) groups excluding carboxylic acids is 1. The summed E-state index contributed by atoms with van der Waals surface area (Å²) in [5.41, 5.74) is 4.69. The number of nitrogens with zero attached hydrogens (tertiary/aromatic N) is 2. The lowest BCUT2D eigenvalue weighted by atomic mass is 10.2. The highest BCUT2D eigenvalue weighted by Crippen LogP contribution is 2.27. The highest BCUT2D eigenvalue weighted by atomic mass is 32.1. The SMILES string of the molecule is COc1ccccc1/C=N\NC(=O)c1nc(-c2ccccc2)sc1C. The van der Waals surface area contributed by atoms with Crippen LogP contribution in [0.25, 0.3) is 10.6 Å². The van der Waals surface area contributed by atoms with Crippen molar-refractivity contribution in [2.24, 2.45) is 5.10 Å². The van der Waals surface area contributed by atoms with Gasteiger partial charge in [-0.2, -0.15) is 5.10 Å². The van der Waals surface area contributed by atoms with E-state index in [0.717, 1.165) is 21.0 Å². The molecule has 3 rings (SSSR count). The lowest BCUT2D eigenvalue weighted by Crippen LogP contribution is -2.19. The zero-order valence-corrected chi connectivity index (χ0v) is 14.7. The van der Waals surface area contributed by atoms with Gasteiger partial charge in [0.05, 0.1) is 13.3 Å². The molecular formula is C19H17N3O2S. The number of hydrogen-bond donors (Lipinski definition) is 1. The Balaban J connectivity index is 1.74. The van der Waals surface area contributed by atoms with Gasteiger partial charge >= 0.3 is 0 Å². The zero-order chi connectivity index (χ0) is 17.6. The molecule has 0 aliphatic heterocycles. The Morgan fingerprint density at radius 1 is 1.16 bits per heavy atom. The minimum Gasteiger partial charge on any atom is -0.496 e. The molecule has 0 fully saturated rings. The summed E-state index contributed by atoms with van der Waals surface area (Å²) < 4.78 is 5.24. The van der Waals surface area contributed by atoms with E-state index in [1.807, 2.05) is 61.5 Å². The maximum atomic E-state index is 12.3. The molecule has 0 atom stereocenters. The van der Waals surface area contributed by atoms with Crippen molar-refractivity contribution >= 4 is 23.5 Å². The Kier molecular flexibility index (Phi) is 5.20. The van der Waals surface area contributed by atoms with Crippen molar-refractivity contribution < 1.29 is 9.53 Å². The number of benzene rings is 2. The van der Waals surface area contributed by atoms with E-state index >= 15 is 0 Å². The third-order valence-corrected chi connectivity index (χ3v) is 4.56. The summed E-state index contributed by atoms with van der Waals surface area (Å²) in [5.74, 6) is 0.360. The number of hydrazone groups is 1. The summed E-state index contributed by atoms with van der Waals surface area (Å²) in [6.07, 6.45) is 1.55. The van der Waals surface area contributed by atoms with E-state index in [4.69, 9.17) is 4.74 Å². The van der Waals surface area contributed by atoms with Gasteiger partial charge in [-0.15, -0.1) is 11.3 Å². The molecule has 0 aliphatic rings. The van der Waals surface area contributed by atoms with E-state index in [9.17, 15) is 4.79 Å². The van der Waals surface area contributed by atoms with Crippen LogP contribution in [-0.4, -0.2) is 24.2 Å². The lowest BCUT2D eigenvalue weighted by molar-refractivity contribution is 0.0950. The molecule has 0 saturated heterocycles. The van der Waals surface area contributed by atoms with E-state index in [2.05, 4.69) is 15.5 Å². The second-order valence-electron chi connectivity index (χ2n) is 5.23. The summed E-state index contributed by atoms with van der Waals surface area (Å²) in [6.45, 7) is 1.88. The van der Waals surface area contributed by atoms with Crippen LogP contribution in [0.4, 0.5) is 0 Å².